The van der Waals surface area contributed by atoms with Crippen molar-refractivity contribution in [3.8, 4) is 0 Å². The number of hydrogen-bond acceptors (Lipinski definition) is 3. The summed E-state index contributed by atoms with van der Waals surface area (Å²) < 4.78 is 5.34. The highest BCUT2D eigenvalue weighted by atomic mass is 16.5. The minimum absolute atomic E-state index is 0.0881. The van der Waals surface area contributed by atoms with E-state index in [9.17, 15) is 5.11 Å². The molecule has 1 aromatic rings. The van der Waals surface area contributed by atoms with Crippen LogP contribution in [-0.4, -0.2) is 42.4 Å². The molecule has 3 nitrogen and oxygen atoms in total. The minimum atomic E-state index is -0.361. The van der Waals surface area contributed by atoms with Gasteiger partial charge in [0.2, 0.25) is 0 Å². The van der Waals surface area contributed by atoms with Crippen molar-refractivity contribution in [2.45, 2.75) is 19.1 Å². The lowest BCUT2D eigenvalue weighted by Crippen LogP contribution is -2.42. The van der Waals surface area contributed by atoms with Gasteiger partial charge in [0.25, 0.3) is 0 Å². The molecule has 1 heterocycles. The van der Waals surface area contributed by atoms with Crippen LogP contribution in [0.2, 0.25) is 0 Å². The van der Waals surface area contributed by atoms with E-state index in [0.29, 0.717) is 0 Å². The molecule has 0 spiro atoms. The van der Waals surface area contributed by atoms with Gasteiger partial charge in [0.05, 0.1) is 25.4 Å². The van der Waals surface area contributed by atoms with Crippen LogP contribution in [0.5, 0.6) is 0 Å². The zero-order valence-corrected chi connectivity index (χ0v) is 9.67. The molecule has 1 aliphatic rings. The number of hydrogen-bond donors (Lipinski definition) is 1. The molecule has 0 radical (unpaired) electrons. The summed E-state index contributed by atoms with van der Waals surface area (Å²) in [7, 11) is 0. The summed E-state index contributed by atoms with van der Waals surface area (Å²) in [5, 5.41) is 9.94. The fraction of sp³-hybridized carbons (Fsp3) is 0.538. The van der Waals surface area contributed by atoms with Gasteiger partial charge in [-0.2, -0.15) is 0 Å². The Labute approximate surface area is 96.6 Å². The van der Waals surface area contributed by atoms with Crippen LogP contribution in [0.25, 0.3) is 0 Å². The van der Waals surface area contributed by atoms with Crippen LogP contribution < -0.4 is 0 Å². The van der Waals surface area contributed by atoms with E-state index in [1.54, 1.807) is 0 Å². The number of nitrogens with zero attached hydrogens (tertiary/aromatic N) is 1. The third-order valence-electron chi connectivity index (χ3n) is 3.04. The number of rotatable bonds is 3. The van der Waals surface area contributed by atoms with Gasteiger partial charge < -0.3 is 9.84 Å². The Balaban J connectivity index is 2.16. The highest BCUT2D eigenvalue weighted by molar-refractivity contribution is 5.20. The molecule has 0 amide bonds. The second-order valence-corrected chi connectivity index (χ2v) is 4.24. The zero-order chi connectivity index (χ0) is 11.4. The van der Waals surface area contributed by atoms with Gasteiger partial charge in [0.15, 0.2) is 0 Å². The van der Waals surface area contributed by atoms with Gasteiger partial charge in [0, 0.05) is 13.1 Å². The minimum Gasteiger partial charge on any atom is -0.391 e. The first-order chi connectivity index (χ1) is 7.79. The largest absolute Gasteiger partial charge is 0.391 e. The first kappa shape index (κ1) is 11.6. The van der Waals surface area contributed by atoms with Gasteiger partial charge in [-0.05, 0) is 12.5 Å². The molecule has 88 valence electrons. The van der Waals surface area contributed by atoms with Gasteiger partial charge in [-0.25, -0.2) is 0 Å². The Morgan fingerprint density at radius 1 is 1.19 bits per heavy atom. The Bertz CT molecular complexity index is 307. The first-order valence-electron chi connectivity index (χ1n) is 5.84. The van der Waals surface area contributed by atoms with Crippen LogP contribution in [0.1, 0.15) is 18.5 Å². The molecular weight excluding hydrogens is 202 g/mol. The van der Waals surface area contributed by atoms with E-state index in [4.69, 9.17) is 4.74 Å². The Kier molecular flexibility index (Phi) is 3.93. The van der Waals surface area contributed by atoms with Crippen molar-refractivity contribution in [2.75, 3.05) is 26.3 Å². The second-order valence-electron chi connectivity index (χ2n) is 4.24. The second kappa shape index (κ2) is 5.43. The van der Waals surface area contributed by atoms with Gasteiger partial charge in [-0.15, -0.1) is 0 Å². The molecule has 1 fully saturated rings. The number of aliphatic hydroxyl groups is 1. The lowest BCUT2D eigenvalue weighted by Gasteiger charge is -2.36. The fourth-order valence-corrected chi connectivity index (χ4v) is 2.30. The molecule has 1 aliphatic heterocycles. The third kappa shape index (κ3) is 2.61. The van der Waals surface area contributed by atoms with Crippen molar-refractivity contribution in [1.82, 2.24) is 4.90 Å². The summed E-state index contributed by atoms with van der Waals surface area (Å²) in [6, 6.07) is 10.3. The maximum Gasteiger partial charge on any atom is 0.0708 e. The normalized spacial score (nSPS) is 21.6. The lowest BCUT2D eigenvalue weighted by molar-refractivity contribution is -0.0180. The fourth-order valence-electron chi connectivity index (χ4n) is 2.30. The number of benzene rings is 1. The molecule has 0 aromatic heterocycles. The van der Waals surface area contributed by atoms with E-state index in [0.717, 1.165) is 26.3 Å². The molecule has 0 unspecified atom stereocenters. The molecule has 2 rings (SSSR count). The summed E-state index contributed by atoms with van der Waals surface area (Å²) in [6.45, 7) is 5.16. The molecule has 2 atom stereocenters. The van der Waals surface area contributed by atoms with E-state index in [1.165, 1.54) is 5.56 Å². The summed E-state index contributed by atoms with van der Waals surface area (Å²) >= 11 is 0. The van der Waals surface area contributed by atoms with E-state index in [2.05, 4.69) is 17.0 Å². The SMILES string of the molecule is C[C@@H](O)[C@H](c1ccccc1)N1CCOCC1. The van der Waals surface area contributed by atoms with Crippen molar-refractivity contribution in [2.24, 2.45) is 0 Å². The molecule has 1 saturated heterocycles. The maximum atomic E-state index is 9.94. The van der Waals surface area contributed by atoms with Crippen molar-refractivity contribution in [1.29, 1.82) is 0 Å². The quantitative estimate of drug-likeness (QED) is 0.838. The standard InChI is InChI=1S/C13H19NO2/c1-11(15)13(12-5-3-2-4-6-12)14-7-9-16-10-8-14/h2-6,11,13,15H,7-10H2,1H3/t11-,13-/m1/s1. The monoisotopic (exact) mass is 221 g/mol. The molecule has 0 bridgehead atoms. The summed E-state index contributed by atoms with van der Waals surface area (Å²) in [5.41, 5.74) is 1.18. The molecule has 3 heteroatoms. The van der Waals surface area contributed by atoms with Gasteiger partial charge in [-0.3, -0.25) is 4.90 Å². The number of ether oxygens (including phenoxy) is 1. The van der Waals surface area contributed by atoms with E-state index in [-0.39, 0.29) is 12.1 Å². The van der Waals surface area contributed by atoms with Gasteiger partial charge >= 0.3 is 0 Å². The number of aliphatic hydroxyl groups excluding tert-OH is 1. The first-order valence-corrected chi connectivity index (χ1v) is 5.84. The van der Waals surface area contributed by atoms with Crippen LogP contribution in [0.15, 0.2) is 30.3 Å². The summed E-state index contributed by atoms with van der Waals surface area (Å²) in [4.78, 5) is 2.30. The van der Waals surface area contributed by atoms with Crippen LogP contribution in [0.3, 0.4) is 0 Å². The van der Waals surface area contributed by atoms with E-state index >= 15 is 0 Å². The van der Waals surface area contributed by atoms with E-state index < -0.39 is 0 Å². The van der Waals surface area contributed by atoms with Crippen molar-refractivity contribution in [3.63, 3.8) is 0 Å². The van der Waals surface area contributed by atoms with Crippen LogP contribution >= 0.6 is 0 Å². The predicted molar refractivity (Wildman–Crippen MR) is 63.3 cm³/mol. The topological polar surface area (TPSA) is 32.7 Å². The summed E-state index contributed by atoms with van der Waals surface area (Å²) in [6.07, 6.45) is -0.361. The highest BCUT2D eigenvalue weighted by Gasteiger charge is 2.26. The van der Waals surface area contributed by atoms with Gasteiger partial charge in [0.1, 0.15) is 0 Å². The lowest BCUT2D eigenvalue weighted by atomic mass is 10.0. The zero-order valence-electron chi connectivity index (χ0n) is 9.67. The molecule has 16 heavy (non-hydrogen) atoms. The van der Waals surface area contributed by atoms with Crippen molar-refractivity contribution in [3.05, 3.63) is 35.9 Å². The Hall–Kier alpha value is -0.900. The van der Waals surface area contributed by atoms with Crippen molar-refractivity contribution >= 4 is 0 Å². The summed E-state index contributed by atoms with van der Waals surface area (Å²) in [5.74, 6) is 0. The molecule has 1 aromatic carbocycles. The van der Waals surface area contributed by atoms with Gasteiger partial charge in [-0.1, -0.05) is 30.3 Å². The molecule has 1 N–H and O–H groups in total. The Morgan fingerprint density at radius 2 is 1.81 bits per heavy atom. The average molecular weight is 221 g/mol. The molecule has 0 aliphatic carbocycles. The molecular formula is C13H19NO2. The van der Waals surface area contributed by atoms with Crippen molar-refractivity contribution < 1.29 is 9.84 Å². The van der Waals surface area contributed by atoms with Crippen LogP contribution in [0, 0.1) is 0 Å². The predicted octanol–water partition coefficient (Wildman–Crippen LogP) is 1.44. The van der Waals surface area contributed by atoms with E-state index in [1.807, 2.05) is 25.1 Å². The van der Waals surface area contributed by atoms with Crippen LogP contribution in [0.4, 0.5) is 0 Å². The third-order valence-corrected chi connectivity index (χ3v) is 3.04. The highest BCUT2D eigenvalue weighted by Crippen LogP contribution is 2.24. The average Bonchev–Trinajstić information content (AvgIpc) is 2.31. The smallest absolute Gasteiger partial charge is 0.0708 e. The maximum absolute atomic E-state index is 9.94. The van der Waals surface area contributed by atoms with Crippen LogP contribution in [-0.2, 0) is 4.74 Å². The Morgan fingerprint density at radius 3 is 2.38 bits per heavy atom. The molecule has 0 saturated carbocycles. The number of morpholine rings is 1.